The SMILES string of the molecule is CCOC(=O)CC1CCCCC1.Cc1ccc(S(=O)(=O)OCCOCCOS(=O)(=O)c2ccc(C)cc2)cc1.N=C(N)CN.Nc1nncc(CC2CCCCC2)n1.O=C(CC1CCCCC1)C(Br)Br.O=C(CC1CCCCC1)C(N1CCOCC1)N1CCOCC1.O=COO.[HH].c1nnc(N2CCOCC2)nc1CC1CCCCC1. The monoisotopic (exact) mass is 1780 g/mol. The first-order valence-corrected chi connectivity index (χ1v) is 46.0. The second-order valence-electron chi connectivity index (χ2n) is 30.1. The molecular formula is C81H133Br2N13O17S2. The van der Waals surface area contributed by atoms with Crippen LogP contribution in [-0.4, -0.2) is 220 Å². The number of nitrogens with two attached hydrogens (primary N) is 3. The highest BCUT2D eigenvalue weighted by Crippen LogP contribution is 2.32. The molecule has 3 saturated heterocycles. The van der Waals surface area contributed by atoms with Gasteiger partial charge in [0.2, 0.25) is 11.9 Å². The first-order chi connectivity index (χ1) is 55.5. The largest absolute Gasteiger partial charge is 0.466 e. The van der Waals surface area contributed by atoms with E-state index in [1.54, 1.807) is 30.5 Å². The maximum absolute atomic E-state index is 13.0. The zero-order valence-electron chi connectivity index (χ0n) is 68.1. The standard InChI is InChI=1S/C18H22O7S2.C17H30N2O3.C14H22N4O.C10H16N4.C10H18O2.C9H14Br2O.C2H7N3.CH2O3.H2/c1-15-3-7-17(8-4-15)26(19,20)24-13-11-23-12-14-25-27(21,22)18-9-5-16(2)6-10-18;20-16(14-15-4-2-1-3-5-15)17(18-6-10-21-11-7-18)19-8-12-22-13-9-19;1-2-4-12(5-3-1)10-13-11-15-17-14(16-13)18-6-8-19-9-7-18;11-10-13-9(7-12-14-10)6-8-4-2-1-3-5-8;1-2-12-10(11)8-9-6-4-3-5-7-9;10-9(11)8(12)6-7-4-2-1-3-5-7;3-1-2(4)5;2-1-4-3;/h3-10H,11-14H2,1-2H3;15,17H,1-14H2;11-12H,1-10H2;7-8H,1-6H2,(H2,11,13,14);9H,2-8H2,1H3;7,9H,1-6H2;1,3H2,(H3,4,5);1,3H;1H. The van der Waals surface area contributed by atoms with Gasteiger partial charge in [0, 0.05) is 60.0 Å². The Morgan fingerprint density at radius 2 is 0.922 bits per heavy atom. The van der Waals surface area contributed by atoms with Gasteiger partial charge in [0.1, 0.15) is 15.7 Å². The highest BCUT2D eigenvalue weighted by molar-refractivity contribution is 9.25. The number of ether oxygens (including phenoxy) is 5. The summed E-state index contributed by atoms with van der Waals surface area (Å²) in [5.41, 5.74) is 19.0. The van der Waals surface area contributed by atoms with E-state index in [0.717, 1.165) is 145 Å². The molecule has 650 valence electrons. The van der Waals surface area contributed by atoms with Crippen LogP contribution in [0.4, 0.5) is 11.9 Å². The molecule has 0 atom stereocenters. The van der Waals surface area contributed by atoms with Crippen molar-refractivity contribution in [2.45, 2.75) is 233 Å². The molecule has 8 N–H and O–H groups in total. The topological polar surface area (TPSA) is 420 Å². The number of nitrogen functional groups attached to an aromatic ring is 1. The van der Waals surface area contributed by atoms with Crippen LogP contribution >= 0.6 is 31.9 Å². The predicted octanol–water partition coefficient (Wildman–Crippen LogP) is 12.3. The Morgan fingerprint density at radius 1 is 0.565 bits per heavy atom. The minimum Gasteiger partial charge on any atom is -0.466 e. The van der Waals surface area contributed by atoms with Crippen LogP contribution in [0.2, 0.25) is 0 Å². The molecule has 2 aromatic carbocycles. The number of carbonyl (C=O) groups is 4. The van der Waals surface area contributed by atoms with Crippen molar-refractivity contribution >= 4 is 93.8 Å². The molecule has 5 saturated carbocycles. The third-order valence-electron chi connectivity index (χ3n) is 21.0. The number of nitrogens with zero attached hydrogens (tertiary/aromatic N) is 9. The molecule has 30 nitrogen and oxygen atoms in total. The number of halogens is 2. The number of ketones is 2. The molecule has 3 aliphatic heterocycles. The fourth-order valence-electron chi connectivity index (χ4n) is 14.9. The van der Waals surface area contributed by atoms with E-state index < -0.39 is 20.2 Å². The quantitative estimate of drug-likeness (QED) is 0.00406. The van der Waals surface area contributed by atoms with Gasteiger partial charge in [-0.1, -0.05) is 215 Å². The van der Waals surface area contributed by atoms with Gasteiger partial charge in [-0.05, 0) is 100 Å². The third kappa shape index (κ3) is 43.2. The van der Waals surface area contributed by atoms with Gasteiger partial charge < -0.3 is 50.7 Å². The fourth-order valence-corrected chi connectivity index (χ4v) is 17.0. The molecule has 0 spiro atoms. The molecule has 115 heavy (non-hydrogen) atoms. The highest BCUT2D eigenvalue weighted by atomic mass is 79.9. The summed E-state index contributed by atoms with van der Waals surface area (Å²) in [5, 5.41) is 29.2. The van der Waals surface area contributed by atoms with Crippen molar-refractivity contribution in [2.75, 3.05) is 129 Å². The van der Waals surface area contributed by atoms with E-state index in [2.05, 4.69) is 81.8 Å². The lowest BCUT2D eigenvalue weighted by Crippen LogP contribution is -2.59. The van der Waals surface area contributed by atoms with E-state index >= 15 is 0 Å². The number of benzene rings is 2. The summed E-state index contributed by atoms with van der Waals surface area (Å²) in [4.78, 5) is 62.8. The number of nitrogens with one attached hydrogen (secondary N) is 1. The molecule has 8 fully saturated rings. The lowest BCUT2D eigenvalue weighted by molar-refractivity contribution is -0.217. The van der Waals surface area contributed by atoms with Crippen LogP contribution in [0.5, 0.6) is 0 Å². The Labute approximate surface area is 701 Å². The molecule has 0 amide bonds. The second kappa shape index (κ2) is 59.0. The molecular weight excluding hydrogens is 1650 g/mol. The molecule has 12 rings (SSSR count). The number of hydrogen-bond acceptors (Lipinski definition) is 29. The van der Waals surface area contributed by atoms with E-state index in [4.69, 9.17) is 64.7 Å². The number of alkyl halides is 2. The van der Waals surface area contributed by atoms with Crippen LogP contribution in [-0.2, 0) is 89.2 Å². The van der Waals surface area contributed by atoms with Gasteiger partial charge in [-0.2, -0.15) is 27.0 Å². The average molecular weight is 1780 g/mol. The normalized spacial score (nSPS) is 18.3. The van der Waals surface area contributed by atoms with Gasteiger partial charge in [-0.15, -0.1) is 10.2 Å². The van der Waals surface area contributed by atoms with E-state index in [-0.39, 0.29) is 72.4 Å². The zero-order valence-corrected chi connectivity index (χ0v) is 72.9. The summed E-state index contributed by atoms with van der Waals surface area (Å²) >= 11 is 6.47. The summed E-state index contributed by atoms with van der Waals surface area (Å²) < 4.78 is 83.8. The maximum Gasteiger partial charge on any atom is 0.330 e. The van der Waals surface area contributed by atoms with E-state index in [1.807, 2.05) is 27.0 Å². The number of rotatable bonds is 28. The Hall–Kier alpha value is -5.73. The fraction of sp³-hybridized carbons (Fsp3) is 0.716. The molecule has 34 heteroatoms. The van der Waals surface area contributed by atoms with Gasteiger partial charge in [0.25, 0.3) is 20.2 Å². The van der Waals surface area contributed by atoms with Crippen molar-refractivity contribution < 1.29 is 79.6 Å². The van der Waals surface area contributed by atoms with E-state index in [1.165, 1.54) is 185 Å². The smallest absolute Gasteiger partial charge is 0.330 e. The highest BCUT2D eigenvalue weighted by Gasteiger charge is 2.35. The van der Waals surface area contributed by atoms with Crippen molar-refractivity contribution in [3.8, 4) is 0 Å². The van der Waals surface area contributed by atoms with Crippen molar-refractivity contribution in [1.82, 2.24) is 40.2 Å². The van der Waals surface area contributed by atoms with Gasteiger partial charge in [0.05, 0.1) is 113 Å². The Bertz CT molecular complexity index is 3450. The van der Waals surface area contributed by atoms with E-state index in [9.17, 15) is 31.2 Å². The number of anilines is 2. The minimum atomic E-state index is -3.84. The molecule has 5 aliphatic carbocycles. The van der Waals surface area contributed by atoms with Crippen LogP contribution in [0.15, 0.2) is 70.7 Å². The van der Waals surface area contributed by atoms with Gasteiger partial charge in [-0.25, -0.2) is 15.2 Å². The van der Waals surface area contributed by atoms with E-state index in [0.29, 0.717) is 48.3 Å². The number of esters is 1. The van der Waals surface area contributed by atoms with Crippen LogP contribution < -0.4 is 22.1 Å². The lowest BCUT2D eigenvalue weighted by Gasteiger charge is -2.42. The van der Waals surface area contributed by atoms with Crippen LogP contribution in [0.1, 0.15) is 211 Å². The zero-order chi connectivity index (χ0) is 83.3. The van der Waals surface area contributed by atoms with Gasteiger partial charge in [0.15, 0.2) is 11.6 Å². The third-order valence-corrected chi connectivity index (χ3v) is 24.7. The number of aryl methyl sites for hydroxylation is 2. The van der Waals surface area contributed by atoms with Gasteiger partial charge >= 0.3 is 12.4 Å². The van der Waals surface area contributed by atoms with Crippen molar-refractivity contribution in [3.63, 3.8) is 0 Å². The van der Waals surface area contributed by atoms with Gasteiger partial charge in [-0.3, -0.25) is 42.8 Å². The number of hydrogen-bond donors (Lipinski definition) is 5. The Kier molecular flexibility index (Phi) is 51.3. The number of aromatic nitrogens is 6. The number of Topliss-reactive ketones (excluding diaryl/α,β-unsaturated/α-hetero) is 2. The number of carbonyl (C=O) groups excluding carboxylic acids is 4. The summed E-state index contributed by atoms with van der Waals surface area (Å²) in [7, 11) is -7.68. The van der Waals surface area contributed by atoms with Crippen LogP contribution in [0.25, 0.3) is 0 Å². The van der Waals surface area contributed by atoms with Crippen LogP contribution in [0, 0.1) is 48.8 Å². The predicted molar refractivity (Wildman–Crippen MR) is 450 cm³/mol. The molecule has 0 bridgehead atoms. The van der Waals surface area contributed by atoms with Crippen molar-refractivity contribution in [3.05, 3.63) is 83.4 Å². The van der Waals surface area contributed by atoms with Crippen LogP contribution in [0.3, 0.4) is 0 Å². The average Bonchev–Trinajstić information content (AvgIpc) is 0.837. The Balaban J connectivity index is 0.000000292. The lowest BCUT2D eigenvalue weighted by atomic mass is 9.85. The number of amidine groups is 1. The first-order valence-electron chi connectivity index (χ1n) is 41.4. The molecule has 4 aromatic rings. The molecule has 8 aliphatic rings. The summed E-state index contributed by atoms with van der Waals surface area (Å²) in [5.74, 6) is 5.26. The molecule has 5 heterocycles. The van der Waals surface area contributed by atoms with Crippen molar-refractivity contribution in [1.29, 1.82) is 5.41 Å². The molecule has 0 radical (unpaired) electrons. The minimum absolute atomic E-state index is 0. The summed E-state index contributed by atoms with van der Waals surface area (Å²) in [6.07, 6.45) is 40.6. The Morgan fingerprint density at radius 3 is 1.29 bits per heavy atom. The summed E-state index contributed by atoms with van der Waals surface area (Å²) in [6, 6.07) is 12.6. The maximum atomic E-state index is 13.0. The molecule has 0 unspecified atom stereocenters. The second-order valence-corrected chi connectivity index (χ2v) is 36.4. The molecule has 2 aromatic heterocycles. The van der Waals surface area contributed by atoms with Crippen molar-refractivity contribution in [2.24, 2.45) is 41.1 Å². The first kappa shape index (κ1) is 99.8. The summed E-state index contributed by atoms with van der Waals surface area (Å²) in [6.45, 7) is 15.5. The number of morpholine rings is 3.